The second-order valence-electron chi connectivity index (χ2n) is 2.69. The average molecular weight is 150 g/mol. The molecule has 2 aliphatic rings. The molecule has 0 aromatic heterocycles. The highest BCUT2D eigenvalue weighted by Gasteiger charge is 2.18. The molecule has 1 aliphatic heterocycles. The molecule has 1 aliphatic carbocycles. The molecule has 0 aromatic rings. The van der Waals surface area contributed by atoms with Gasteiger partial charge in [-0.2, -0.15) is 0 Å². The van der Waals surface area contributed by atoms with Crippen molar-refractivity contribution in [1.29, 1.82) is 0 Å². The summed E-state index contributed by atoms with van der Waals surface area (Å²) in [5, 5.41) is 5.85. The summed E-state index contributed by atoms with van der Waals surface area (Å²) in [6.45, 7) is 0.558. The van der Waals surface area contributed by atoms with Gasteiger partial charge in [0.1, 0.15) is 0 Å². The molecule has 2 rings (SSSR count). The van der Waals surface area contributed by atoms with Crippen molar-refractivity contribution < 1.29 is 4.79 Å². The molecule has 58 valence electrons. The van der Waals surface area contributed by atoms with Gasteiger partial charge in [-0.25, -0.2) is 0 Å². The number of carbonyl (C=O) groups is 1. The van der Waals surface area contributed by atoms with E-state index in [1.54, 1.807) is 0 Å². The minimum Gasteiger partial charge on any atom is -0.367 e. The van der Waals surface area contributed by atoms with E-state index in [0.29, 0.717) is 6.67 Å². The van der Waals surface area contributed by atoms with Crippen LogP contribution in [0.1, 0.15) is 12.8 Å². The molecule has 11 heavy (non-hydrogen) atoms. The molecule has 0 bridgehead atoms. The highest BCUT2D eigenvalue weighted by Crippen LogP contribution is 2.18. The topological polar surface area (TPSA) is 41.1 Å². The molecule has 2 N–H and O–H groups in total. The molecule has 0 saturated heterocycles. The minimum absolute atomic E-state index is 0.0862. The third kappa shape index (κ3) is 1.02. The zero-order chi connectivity index (χ0) is 7.68. The zero-order valence-corrected chi connectivity index (χ0v) is 6.18. The fourth-order valence-electron chi connectivity index (χ4n) is 1.39. The predicted octanol–water partition coefficient (Wildman–Crippen LogP) is 0.267. The van der Waals surface area contributed by atoms with Crippen molar-refractivity contribution in [3.63, 3.8) is 0 Å². The molecule has 0 spiro atoms. The van der Waals surface area contributed by atoms with Gasteiger partial charge in [-0.05, 0) is 18.9 Å². The van der Waals surface area contributed by atoms with Crippen LogP contribution in [0.2, 0.25) is 0 Å². The Balaban J connectivity index is 2.35. The van der Waals surface area contributed by atoms with E-state index >= 15 is 0 Å². The maximum Gasteiger partial charge on any atom is 0.250 e. The van der Waals surface area contributed by atoms with Crippen molar-refractivity contribution in [2.24, 2.45) is 0 Å². The lowest BCUT2D eigenvalue weighted by atomic mass is 10.0. The van der Waals surface area contributed by atoms with Crippen molar-refractivity contribution in [2.45, 2.75) is 12.8 Å². The second kappa shape index (κ2) is 2.42. The van der Waals surface area contributed by atoms with Gasteiger partial charge in [0.15, 0.2) is 0 Å². The van der Waals surface area contributed by atoms with Crippen LogP contribution in [0, 0.1) is 0 Å². The van der Waals surface area contributed by atoms with E-state index in [9.17, 15) is 4.79 Å². The van der Waals surface area contributed by atoms with Gasteiger partial charge in [0.25, 0.3) is 5.91 Å². The molecule has 0 radical (unpaired) electrons. The summed E-state index contributed by atoms with van der Waals surface area (Å²) in [6, 6.07) is 0. The number of amides is 1. The quantitative estimate of drug-likeness (QED) is 0.520. The van der Waals surface area contributed by atoms with Crippen molar-refractivity contribution in [3.8, 4) is 0 Å². The Labute approximate surface area is 65.2 Å². The van der Waals surface area contributed by atoms with Gasteiger partial charge >= 0.3 is 0 Å². The first-order chi connectivity index (χ1) is 5.38. The van der Waals surface area contributed by atoms with E-state index in [1.807, 2.05) is 6.08 Å². The summed E-state index contributed by atoms with van der Waals surface area (Å²) in [5.74, 6) is 0.0862. The Bertz CT molecular complexity index is 253. The van der Waals surface area contributed by atoms with E-state index in [4.69, 9.17) is 0 Å². The van der Waals surface area contributed by atoms with Gasteiger partial charge in [-0.3, -0.25) is 4.79 Å². The van der Waals surface area contributed by atoms with Gasteiger partial charge < -0.3 is 10.6 Å². The summed E-state index contributed by atoms with van der Waals surface area (Å²) >= 11 is 0. The molecule has 0 fully saturated rings. The summed E-state index contributed by atoms with van der Waals surface area (Å²) in [4.78, 5) is 11.2. The van der Waals surface area contributed by atoms with Crippen LogP contribution in [-0.2, 0) is 4.79 Å². The first kappa shape index (κ1) is 6.46. The lowest BCUT2D eigenvalue weighted by molar-refractivity contribution is -0.118. The van der Waals surface area contributed by atoms with Crippen LogP contribution < -0.4 is 10.6 Å². The number of allylic oxidation sites excluding steroid dienone is 2. The molecular weight excluding hydrogens is 140 g/mol. The Morgan fingerprint density at radius 3 is 3.09 bits per heavy atom. The highest BCUT2D eigenvalue weighted by atomic mass is 16.1. The molecular formula is C8H10N2O. The van der Waals surface area contributed by atoms with E-state index in [-0.39, 0.29) is 5.91 Å². The van der Waals surface area contributed by atoms with Crippen LogP contribution in [0.4, 0.5) is 0 Å². The molecule has 0 saturated carbocycles. The fraction of sp³-hybridized carbons (Fsp3) is 0.375. The first-order valence-corrected chi connectivity index (χ1v) is 3.80. The normalized spacial score (nSPS) is 22.4. The minimum atomic E-state index is 0.0862. The average Bonchev–Trinajstić information content (AvgIpc) is 2.06. The summed E-state index contributed by atoms with van der Waals surface area (Å²) < 4.78 is 0. The monoisotopic (exact) mass is 150 g/mol. The van der Waals surface area contributed by atoms with Gasteiger partial charge in [-0.15, -0.1) is 0 Å². The van der Waals surface area contributed by atoms with Gasteiger partial charge in [0.05, 0.1) is 6.67 Å². The SMILES string of the molecule is O=C1NCNC2=C1CCC=C2. The lowest BCUT2D eigenvalue weighted by Gasteiger charge is -2.22. The van der Waals surface area contributed by atoms with E-state index < -0.39 is 0 Å². The standard InChI is InChI=1S/C8H10N2O/c11-8-6-3-1-2-4-7(6)9-5-10-8/h2,4,9H,1,3,5H2,(H,10,11). The van der Waals surface area contributed by atoms with Crippen molar-refractivity contribution in [2.75, 3.05) is 6.67 Å². The van der Waals surface area contributed by atoms with Crippen LogP contribution in [-0.4, -0.2) is 12.6 Å². The third-order valence-corrected chi connectivity index (χ3v) is 1.97. The third-order valence-electron chi connectivity index (χ3n) is 1.97. The second-order valence-corrected chi connectivity index (χ2v) is 2.69. The maximum atomic E-state index is 11.2. The highest BCUT2D eigenvalue weighted by molar-refractivity contribution is 5.95. The first-order valence-electron chi connectivity index (χ1n) is 3.80. The summed E-state index contributed by atoms with van der Waals surface area (Å²) in [7, 11) is 0. The molecule has 3 nitrogen and oxygen atoms in total. The smallest absolute Gasteiger partial charge is 0.250 e. The molecule has 3 heteroatoms. The fourth-order valence-corrected chi connectivity index (χ4v) is 1.39. The van der Waals surface area contributed by atoms with Crippen molar-refractivity contribution in [3.05, 3.63) is 23.4 Å². The van der Waals surface area contributed by atoms with E-state index in [2.05, 4.69) is 16.7 Å². The molecule has 0 atom stereocenters. The maximum absolute atomic E-state index is 11.2. The van der Waals surface area contributed by atoms with Crippen molar-refractivity contribution in [1.82, 2.24) is 10.6 Å². The van der Waals surface area contributed by atoms with E-state index in [0.717, 1.165) is 24.1 Å². The predicted molar refractivity (Wildman–Crippen MR) is 41.5 cm³/mol. The van der Waals surface area contributed by atoms with E-state index in [1.165, 1.54) is 0 Å². The largest absolute Gasteiger partial charge is 0.367 e. The van der Waals surface area contributed by atoms with Crippen LogP contribution in [0.5, 0.6) is 0 Å². The van der Waals surface area contributed by atoms with Gasteiger partial charge in [0, 0.05) is 11.3 Å². The Morgan fingerprint density at radius 2 is 2.27 bits per heavy atom. The summed E-state index contributed by atoms with van der Waals surface area (Å²) in [5.41, 5.74) is 1.90. The van der Waals surface area contributed by atoms with Gasteiger partial charge in [0.2, 0.25) is 0 Å². The van der Waals surface area contributed by atoms with Gasteiger partial charge in [-0.1, -0.05) is 6.08 Å². The molecule has 0 aromatic carbocycles. The van der Waals surface area contributed by atoms with Crippen LogP contribution >= 0.6 is 0 Å². The number of hydrogen-bond acceptors (Lipinski definition) is 2. The molecule has 1 amide bonds. The number of nitrogens with one attached hydrogen (secondary N) is 2. The number of rotatable bonds is 0. The molecule has 1 heterocycles. The Kier molecular flexibility index (Phi) is 1.42. The van der Waals surface area contributed by atoms with Crippen LogP contribution in [0.3, 0.4) is 0 Å². The van der Waals surface area contributed by atoms with Crippen molar-refractivity contribution >= 4 is 5.91 Å². The van der Waals surface area contributed by atoms with Crippen LogP contribution in [0.25, 0.3) is 0 Å². The Morgan fingerprint density at radius 1 is 1.36 bits per heavy atom. The summed E-state index contributed by atoms with van der Waals surface area (Å²) in [6.07, 6.45) is 5.92. The number of carbonyl (C=O) groups excluding carboxylic acids is 1. The number of hydrogen-bond donors (Lipinski definition) is 2. The zero-order valence-electron chi connectivity index (χ0n) is 6.18. The Hall–Kier alpha value is -1.25. The molecule has 0 unspecified atom stereocenters. The lowest BCUT2D eigenvalue weighted by Crippen LogP contribution is -2.41. The van der Waals surface area contributed by atoms with Crippen LogP contribution in [0.15, 0.2) is 23.4 Å².